The molecule has 1 heterocycles. The molecule has 0 bridgehead atoms. The van der Waals surface area contributed by atoms with Crippen molar-refractivity contribution in [2.75, 3.05) is 6.79 Å². The Balaban J connectivity index is 1.62. The quantitative estimate of drug-likeness (QED) is 0.760. The molecule has 2 aromatic carbocycles. The molecule has 0 radical (unpaired) electrons. The van der Waals surface area contributed by atoms with Crippen molar-refractivity contribution < 1.29 is 19.1 Å². The van der Waals surface area contributed by atoms with Crippen LogP contribution in [0.5, 0.6) is 11.5 Å². The van der Waals surface area contributed by atoms with Crippen molar-refractivity contribution in [2.45, 2.75) is 52.6 Å². The first-order valence-corrected chi connectivity index (χ1v) is 10.2. The second-order valence-corrected chi connectivity index (χ2v) is 8.93. The largest absolute Gasteiger partial charge is 0.454 e. The van der Waals surface area contributed by atoms with E-state index in [1.165, 1.54) is 0 Å². The zero-order valence-electron chi connectivity index (χ0n) is 18.2. The highest BCUT2D eigenvalue weighted by Crippen LogP contribution is 2.32. The van der Waals surface area contributed by atoms with Gasteiger partial charge in [0.15, 0.2) is 11.5 Å². The first kappa shape index (κ1) is 21.7. The third kappa shape index (κ3) is 5.12. The van der Waals surface area contributed by atoms with Gasteiger partial charge in [0.05, 0.1) is 0 Å². The van der Waals surface area contributed by atoms with Crippen LogP contribution in [0.25, 0.3) is 0 Å². The minimum absolute atomic E-state index is 0.0179. The van der Waals surface area contributed by atoms with Crippen LogP contribution in [-0.4, -0.2) is 24.6 Å². The number of carbonyl (C=O) groups excluding carboxylic acids is 2. The van der Waals surface area contributed by atoms with Crippen molar-refractivity contribution in [1.29, 1.82) is 0 Å². The summed E-state index contributed by atoms with van der Waals surface area (Å²) in [7, 11) is 0. The molecule has 160 valence electrons. The summed E-state index contributed by atoms with van der Waals surface area (Å²) in [5.74, 6) is 0.846. The number of rotatable bonds is 6. The second kappa shape index (κ2) is 8.78. The van der Waals surface area contributed by atoms with Crippen LogP contribution in [-0.2, 0) is 16.8 Å². The Labute approximate surface area is 178 Å². The van der Waals surface area contributed by atoms with Gasteiger partial charge in [-0.1, -0.05) is 52.8 Å². The van der Waals surface area contributed by atoms with Gasteiger partial charge >= 0.3 is 0 Å². The molecule has 0 saturated heterocycles. The van der Waals surface area contributed by atoms with E-state index < -0.39 is 6.04 Å². The fourth-order valence-electron chi connectivity index (χ4n) is 3.23. The lowest BCUT2D eigenvalue weighted by Gasteiger charge is -2.22. The van der Waals surface area contributed by atoms with Gasteiger partial charge in [-0.15, -0.1) is 0 Å². The SMILES string of the molecule is CC(C)C(NC(=O)c1ccc(C(C)(C)C)cc1)C(=O)NCc1ccc2c(c1)OCO2. The van der Waals surface area contributed by atoms with E-state index in [4.69, 9.17) is 9.47 Å². The summed E-state index contributed by atoms with van der Waals surface area (Å²) in [5.41, 5.74) is 2.61. The highest BCUT2D eigenvalue weighted by Gasteiger charge is 2.25. The monoisotopic (exact) mass is 410 g/mol. The fourth-order valence-corrected chi connectivity index (χ4v) is 3.23. The predicted octanol–water partition coefficient (Wildman–Crippen LogP) is 3.78. The highest BCUT2D eigenvalue weighted by atomic mass is 16.7. The number of nitrogens with one attached hydrogen (secondary N) is 2. The average Bonchev–Trinajstić information content (AvgIpc) is 3.17. The lowest BCUT2D eigenvalue weighted by molar-refractivity contribution is -0.124. The van der Waals surface area contributed by atoms with Crippen molar-refractivity contribution in [2.24, 2.45) is 5.92 Å². The number of carbonyl (C=O) groups is 2. The fraction of sp³-hybridized carbons (Fsp3) is 0.417. The molecule has 1 aliphatic rings. The van der Waals surface area contributed by atoms with Gasteiger partial charge in [-0.3, -0.25) is 9.59 Å². The molecular weight excluding hydrogens is 380 g/mol. The number of hydrogen-bond donors (Lipinski definition) is 2. The van der Waals surface area contributed by atoms with Gasteiger partial charge in [-0.25, -0.2) is 0 Å². The average molecular weight is 411 g/mol. The Bertz CT molecular complexity index is 914. The summed E-state index contributed by atoms with van der Waals surface area (Å²) >= 11 is 0. The Morgan fingerprint density at radius 2 is 1.67 bits per heavy atom. The summed E-state index contributed by atoms with van der Waals surface area (Å²) in [6, 6.07) is 12.4. The van der Waals surface area contributed by atoms with Crippen LogP contribution >= 0.6 is 0 Å². The predicted molar refractivity (Wildman–Crippen MR) is 116 cm³/mol. The first-order chi connectivity index (χ1) is 14.1. The number of hydrogen-bond acceptors (Lipinski definition) is 4. The molecule has 0 spiro atoms. The normalized spacial score (nSPS) is 13.8. The summed E-state index contributed by atoms with van der Waals surface area (Å²) < 4.78 is 10.7. The number of fused-ring (bicyclic) bond motifs is 1. The van der Waals surface area contributed by atoms with Gasteiger partial charge in [-0.05, 0) is 46.7 Å². The molecule has 1 unspecified atom stereocenters. The Hall–Kier alpha value is -3.02. The number of amides is 2. The van der Waals surface area contributed by atoms with Crippen LogP contribution in [0.3, 0.4) is 0 Å². The van der Waals surface area contributed by atoms with Crippen molar-refractivity contribution >= 4 is 11.8 Å². The Morgan fingerprint density at radius 3 is 2.30 bits per heavy atom. The van der Waals surface area contributed by atoms with E-state index >= 15 is 0 Å². The molecule has 1 aliphatic heterocycles. The van der Waals surface area contributed by atoms with Crippen LogP contribution < -0.4 is 20.1 Å². The van der Waals surface area contributed by atoms with E-state index in [1.54, 1.807) is 12.1 Å². The van der Waals surface area contributed by atoms with E-state index in [2.05, 4.69) is 31.4 Å². The van der Waals surface area contributed by atoms with E-state index in [0.717, 1.165) is 11.1 Å². The summed E-state index contributed by atoms with van der Waals surface area (Å²) in [6.07, 6.45) is 0. The molecule has 2 N–H and O–H groups in total. The van der Waals surface area contributed by atoms with Gasteiger partial charge in [0, 0.05) is 12.1 Å². The molecule has 30 heavy (non-hydrogen) atoms. The lowest BCUT2D eigenvalue weighted by atomic mass is 9.86. The first-order valence-electron chi connectivity index (χ1n) is 10.2. The molecule has 6 heteroatoms. The molecule has 2 amide bonds. The minimum Gasteiger partial charge on any atom is -0.454 e. The Morgan fingerprint density at radius 1 is 1.00 bits per heavy atom. The maximum Gasteiger partial charge on any atom is 0.251 e. The molecule has 6 nitrogen and oxygen atoms in total. The van der Waals surface area contributed by atoms with Crippen LogP contribution in [0, 0.1) is 5.92 Å². The van der Waals surface area contributed by atoms with Crippen LogP contribution in [0.2, 0.25) is 0 Å². The molecular formula is C24H30N2O4. The van der Waals surface area contributed by atoms with Crippen LogP contribution in [0.15, 0.2) is 42.5 Å². The smallest absolute Gasteiger partial charge is 0.251 e. The van der Waals surface area contributed by atoms with Crippen molar-refractivity contribution in [1.82, 2.24) is 10.6 Å². The van der Waals surface area contributed by atoms with E-state index in [9.17, 15) is 9.59 Å². The van der Waals surface area contributed by atoms with Gasteiger partial charge in [0.1, 0.15) is 6.04 Å². The minimum atomic E-state index is -0.631. The van der Waals surface area contributed by atoms with E-state index in [0.29, 0.717) is 23.6 Å². The van der Waals surface area contributed by atoms with Gasteiger partial charge in [0.25, 0.3) is 5.91 Å². The Kier molecular flexibility index (Phi) is 6.34. The molecule has 0 saturated carbocycles. The zero-order chi connectivity index (χ0) is 21.9. The molecule has 0 aromatic heterocycles. The topological polar surface area (TPSA) is 76.7 Å². The van der Waals surface area contributed by atoms with Gasteiger partial charge in [-0.2, -0.15) is 0 Å². The molecule has 1 atom stereocenters. The summed E-state index contributed by atoms with van der Waals surface area (Å²) in [5, 5.41) is 5.78. The standard InChI is InChI=1S/C24H30N2O4/c1-15(2)21(26-22(27)17-7-9-18(10-8-17)24(3,4)5)23(28)25-13-16-6-11-19-20(12-16)30-14-29-19/h6-12,15,21H,13-14H2,1-5H3,(H,25,28)(H,26,27). The third-order valence-corrected chi connectivity index (χ3v) is 5.15. The lowest BCUT2D eigenvalue weighted by Crippen LogP contribution is -2.49. The van der Waals surface area contributed by atoms with E-state index in [1.807, 2.05) is 44.2 Å². The number of ether oxygens (including phenoxy) is 2. The maximum absolute atomic E-state index is 12.8. The van der Waals surface area contributed by atoms with Crippen molar-refractivity contribution in [3.63, 3.8) is 0 Å². The van der Waals surface area contributed by atoms with Gasteiger partial charge in [0.2, 0.25) is 12.7 Å². The van der Waals surface area contributed by atoms with Crippen molar-refractivity contribution in [3.8, 4) is 11.5 Å². The number of benzene rings is 2. The van der Waals surface area contributed by atoms with Crippen LogP contribution in [0.1, 0.15) is 56.1 Å². The molecule has 3 rings (SSSR count). The third-order valence-electron chi connectivity index (χ3n) is 5.15. The maximum atomic E-state index is 12.8. The molecule has 0 fully saturated rings. The second-order valence-electron chi connectivity index (χ2n) is 8.93. The van der Waals surface area contributed by atoms with Gasteiger partial charge < -0.3 is 20.1 Å². The summed E-state index contributed by atoms with van der Waals surface area (Å²) in [6.45, 7) is 10.8. The highest BCUT2D eigenvalue weighted by molar-refractivity contribution is 5.97. The van der Waals surface area contributed by atoms with Crippen molar-refractivity contribution in [3.05, 3.63) is 59.2 Å². The molecule has 0 aliphatic carbocycles. The zero-order valence-corrected chi connectivity index (χ0v) is 18.2. The molecule has 2 aromatic rings. The van der Waals surface area contributed by atoms with E-state index in [-0.39, 0.29) is 29.9 Å². The van der Waals surface area contributed by atoms with Crippen LogP contribution in [0.4, 0.5) is 0 Å². The summed E-state index contributed by atoms with van der Waals surface area (Å²) in [4.78, 5) is 25.5.